The molecule has 0 aromatic heterocycles. The van der Waals surface area contributed by atoms with E-state index in [-0.39, 0.29) is 19.4 Å². The molecular formula is C46H94N2O5. The van der Waals surface area contributed by atoms with Gasteiger partial charge in [0.15, 0.2) is 0 Å². The maximum absolute atomic E-state index is 12.4. The average Bonchev–Trinajstić information content (AvgIpc) is 3.14. The molecule has 7 heteroatoms. The molecule has 7 nitrogen and oxygen atoms in total. The van der Waals surface area contributed by atoms with Crippen LogP contribution in [0.5, 0.6) is 0 Å². The van der Waals surface area contributed by atoms with Gasteiger partial charge >= 0.3 is 6.09 Å². The van der Waals surface area contributed by atoms with Crippen LogP contribution in [0.25, 0.3) is 0 Å². The lowest BCUT2D eigenvalue weighted by molar-refractivity contribution is -0.0321. The second kappa shape index (κ2) is 42.3. The molecule has 0 heterocycles. The summed E-state index contributed by atoms with van der Waals surface area (Å²) in [4.78, 5) is 12.4. The Hall–Kier alpha value is -0.890. The first-order valence-electron chi connectivity index (χ1n) is 23.4. The van der Waals surface area contributed by atoms with Gasteiger partial charge in [-0.15, -0.1) is 0 Å². The number of amides is 1. The largest absolute Gasteiger partial charge is 0.449 e. The van der Waals surface area contributed by atoms with Crippen LogP contribution in [0.15, 0.2) is 0 Å². The zero-order valence-electron chi connectivity index (χ0n) is 36.3. The monoisotopic (exact) mass is 755 g/mol. The topological polar surface area (TPSA) is 92.0 Å². The van der Waals surface area contributed by atoms with Crippen molar-refractivity contribution in [2.45, 2.75) is 251 Å². The predicted molar refractivity (Wildman–Crippen MR) is 228 cm³/mol. The van der Waals surface area contributed by atoms with E-state index in [0.29, 0.717) is 26.2 Å². The summed E-state index contributed by atoms with van der Waals surface area (Å²) >= 11 is 0. The van der Waals surface area contributed by atoms with Crippen molar-refractivity contribution in [2.24, 2.45) is 5.73 Å². The standard InChI is InChI=1S/C46H94N2O5/c1-5-7-9-11-13-15-17-19-21-23-25-27-29-31-33-35-38-50-42-44(41-48-45(49)52-40-37-46(3,4)53-43-47)51-39-36-34-32-30-28-26-24-22-20-18-16-14-12-10-8-6-2/h44H,5-43,47H2,1-4H3,(H,48,49). The lowest BCUT2D eigenvalue weighted by Gasteiger charge is -2.24. The summed E-state index contributed by atoms with van der Waals surface area (Å²) < 4.78 is 23.1. The molecule has 0 saturated carbocycles. The van der Waals surface area contributed by atoms with E-state index in [9.17, 15) is 4.79 Å². The first-order chi connectivity index (χ1) is 25.9. The van der Waals surface area contributed by atoms with E-state index >= 15 is 0 Å². The summed E-state index contributed by atoms with van der Waals surface area (Å²) in [6.07, 6.45) is 43.6. The van der Waals surface area contributed by atoms with Gasteiger partial charge in [-0.3, -0.25) is 0 Å². The fraction of sp³-hybridized carbons (Fsp3) is 0.978. The van der Waals surface area contributed by atoms with Gasteiger partial charge in [-0.2, -0.15) is 0 Å². The normalized spacial score (nSPS) is 12.4. The van der Waals surface area contributed by atoms with Crippen molar-refractivity contribution in [2.75, 3.05) is 39.7 Å². The summed E-state index contributed by atoms with van der Waals surface area (Å²) in [6, 6.07) is 0. The van der Waals surface area contributed by atoms with Crippen molar-refractivity contribution in [3.05, 3.63) is 0 Å². The third kappa shape index (κ3) is 42.1. The molecule has 0 aliphatic heterocycles. The van der Waals surface area contributed by atoms with E-state index in [1.807, 2.05) is 13.8 Å². The maximum Gasteiger partial charge on any atom is 0.407 e. The van der Waals surface area contributed by atoms with Gasteiger partial charge < -0.3 is 30.0 Å². The zero-order chi connectivity index (χ0) is 38.8. The molecule has 0 spiro atoms. The molecule has 0 aliphatic carbocycles. The van der Waals surface area contributed by atoms with E-state index in [0.717, 1.165) is 19.4 Å². The highest BCUT2D eigenvalue weighted by Crippen LogP contribution is 2.16. The van der Waals surface area contributed by atoms with Gasteiger partial charge in [-0.25, -0.2) is 4.79 Å². The summed E-state index contributed by atoms with van der Waals surface area (Å²) in [5.41, 5.74) is 5.08. The fourth-order valence-electron chi connectivity index (χ4n) is 6.97. The molecule has 53 heavy (non-hydrogen) atoms. The number of carbonyl (C=O) groups excluding carboxylic acids is 1. The number of unbranched alkanes of at least 4 members (excludes halogenated alkanes) is 30. The number of nitrogens with one attached hydrogen (secondary N) is 1. The quantitative estimate of drug-likeness (QED) is 0.0475. The van der Waals surface area contributed by atoms with Crippen LogP contribution in [0.3, 0.4) is 0 Å². The van der Waals surface area contributed by atoms with Gasteiger partial charge in [0, 0.05) is 26.2 Å². The van der Waals surface area contributed by atoms with Crippen LogP contribution in [0.4, 0.5) is 4.79 Å². The lowest BCUT2D eigenvalue weighted by atomic mass is 10.0. The van der Waals surface area contributed by atoms with Gasteiger partial charge in [0.05, 0.1) is 31.6 Å². The van der Waals surface area contributed by atoms with Crippen LogP contribution in [0.2, 0.25) is 0 Å². The Balaban J connectivity index is 4.03. The number of carbonyl (C=O) groups is 1. The highest BCUT2D eigenvalue weighted by Gasteiger charge is 2.19. The van der Waals surface area contributed by atoms with E-state index in [4.69, 9.17) is 24.7 Å². The third-order valence-electron chi connectivity index (χ3n) is 10.7. The summed E-state index contributed by atoms with van der Waals surface area (Å²) in [7, 11) is 0. The van der Waals surface area contributed by atoms with Gasteiger partial charge in [0.2, 0.25) is 0 Å². The predicted octanol–water partition coefficient (Wildman–Crippen LogP) is 13.7. The first-order valence-corrected chi connectivity index (χ1v) is 23.4. The highest BCUT2D eigenvalue weighted by molar-refractivity contribution is 5.67. The molecule has 0 fully saturated rings. The highest BCUT2D eigenvalue weighted by atomic mass is 16.6. The molecule has 318 valence electrons. The van der Waals surface area contributed by atoms with E-state index in [1.54, 1.807) is 0 Å². The number of hydrogen-bond donors (Lipinski definition) is 2. The number of nitrogens with two attached hydrogens (primary N) is 1. The number of rotatable bonds is 44. The Morgan fingerprint density at radius 2 is 0.887 bits per heavy atom. The van der Waals surface area contributed by atoms with Crippen LogP contribution >= 0.6 is 0 Å². The smallest absolute Gasteiger partial charge is 0.407 e. The molecule has 0 rings (SSSR count). The van der Waals surface area contributed by atoms with Crippen LogP contribution in [0, 0.1) is 0 Å². The third-order valence-corrected chi connectivity index (χ3v) is 10.7. The van der Waals surface area contributed by atoms with Gasteiger partial charge in [-0.1, -0.05) is 206 Å². The second-order valence-corrected chi connectivity index (χ2v) is 16.5. The van der Waals surface area contributed by atoms with E-state index < -0.39 is 11.7 Å². The number of hydrogen-bond acceptors (Lipinski definition) is 6. The Morgan fingerprint density at radius 3 is 1.26 bits per heavy atom. The summed E-state index contributed by atoms with van der Waals surface area (Å²) in [6.45, 7) is 11.2. The molecule has 0 aromatic carbocycles. The van der Waals surface area contributed by atoms with Crippen LogP contribution in [-0.4, -0.2) is 57.5 Å². The molecule has 1 amide bonds. The second-order valence-electron chi connectivity index (χ2n) is 16.5. The molecule has 0 aromatic rings. The summed E-state index contributed by atoms with van der Waals surface area (Å²) in [5, 5.41) is 2.88. The lowest BCUT2D eigenvalue weighted by Crippen LogP contribution is -2.37. The van der Waals surface area contributed by atoms with Crippen LogP contribution in [-0.2, 0) is 18.9 Å². The van der Waals surface area contributed by atoms with Crippen molar-refractivity contribution in [1.29, 1.82) is 0 Å². The van der Waals surface area contributed by atoms with Gasteiger partial charge in [0.25, 0.3) is 0 Å². The number of ether oxygens (including phenoxy) is 4. The fourth-order valence-corrected chi connectivity index (χ4v) is 6.97. The molecule has 0 aliphatic rings. The zero-order valence-corrected chi connectivity index (χ0v) is 36.3. The Morgan fingerprint density at radius 1 is 0.528 bits per heavy atom. The van der Waals surface area contributed by atoms with Crippen molar-refractivity contribution in [3.63, 3.8) is 0 Å². The van der Waals surface area contributed by atoms with Gasteiger partial charge in [0.1, 0.15) is 0 Å². The summed E-state index contributed by atoms with van der Waals surface area (Å²) in [5.74, 6) is 0. The number of alkyl carbamates (subject to hydrolysis) is 1. The molecule has 0 bridgehead atoms. The minimum atomic E-state index is -0.428. The van der Waals surface area contributed by atoms with Crippen LogP contribution in [0.1, 0.15) is 240 Å². The minimum Gasteiger partial charge on any atom is -0.449 e. The molecule has 3 N–H and O–H groups in total. The Bertz CT molecular complexity index is 722. The van der Waals surface area contributed by atoms with Crippen molar-refractivity contribution in [3.8, 4) is 0 Å². The van der Waals surface area contributed by atoms with Crippen LogP contribution < -0.4 is 11.1 Å². The molecule has 0 radical (unpaired) electrons. The van der Waals surface area contributed by atoms with E-state index in [1.165, 1.54) is 193 Å². The first kappa shape index (κ1) is 52.1. The van der Waals surface area contributed by atoms with Crippen molar-refractivity contribution < 1.29 is 23.7 Å². The minimum absolute atomic E-state index is 0.150. The molecule has 1 unspecified atom stereocenters. The Labute approximate surface area is 331 Å². The molecule has 1 atom stereocenters. The van der Waals surface area contributed by atoms with Crippen molar-refractivity contribution in [1.82, 2.24) is 5.32 Å². The van der Waals surface area contributed by atoms with Crippen molar-refractivity contribution >= 4 is 6.09 Å². The van der Waals surface area contributed by atoms with Gasteiger partial charge in [-0.05, 0) is 26.7 Å². The average molecular weight is 755 g/mol. The Kier molecular flexibility index (Phi) is 41.5. The SMILES string of the molecule is CCCCCCCCCCCCCCCCCCOCC(CNC(=O)OCCC(C)(C)OCN)OCCCCCCCCCCCCCCCCCC. The maximum atomic E-state index is 12.4. The molecule has 0 saturated heterocycles. The molecular weight excluding hydrogens is 661 g/mol. The van der Waals surface area contributed by atoms with E-state index in [2.05, 4.69) is 19.2 Å².